The van der Waals surface area contributed by atoms with Gasteiger partial charge in [-0.2, -0.15) is 4.98 Å². The maximum Gasteiger partial charge on any atom is 0.286 e. The smallest absolute Gasteiger partial charge is 0.286 e. The number of nitrogens with one attached hydrogen (secondary N) is 2. The van der Waals surface area contributed by atoms with Gasteiger partial charge in [-0.15, -0.1) is 0 Å². The summed E-state index contributed by atoms with van der Waals surface area (Å²) >= 11 is 5.05. The van der Waals surface area contributed by atoms with E-state index in [9.17, 15) is 18.4 Å². The molecule has 0 atom stereocenters. The van der Waals surface area contributed by atoms with Crippen LogP contribution in [0.2, 0.25) is 0 Å². The molecular weight excluding hydrogens is 428 g/mol. The van der Waals surface area contributed by atoms with Crippen molar-refractivity contribution in [1.82, 2.24) is 15.3 Å². The molecule has 1 aromatic heterocycles. The molecule has 0 bridgehead atoms. The number of benzene rings is 2. The predicted molar refractivity (Wildman–Crippen MR) is 110 cm³/mol. The van der Waals surface area contributed by atoms with E-state index in [1.54, 1.807) is 0 Å². The first kappa shape index (κ1) is 21.7. The van der Waals surface area contributed by atoms with Crippen LogP contribution in [0.5, 0.6) is 11.6 Å². The Bertz CT molecular complexity index is 1140. The van der Waals surface area contributed by atoms with Gasteiger partial charge >= 0.3 is 0 Å². The van der Waals surface area contributed by atoms with E-state index in [1.165, 1.54) is 42.5 Å². The van der Waals surface area contributed by atoms with Gasteiger partial charge in [-0.3, -0.25) is 9.59 Å². The van der Waals surface area contributed by atoms with Gasteiger partial charge in [0.2, 0.25) is 17.6 Å². The highest BCUT2D eigenvalue weighted by Crippen LogP contribution is 2.25. The highest BCUT2D eigenvalue weighted by molar-refractivity contribution is 7.80. The summed E-state index contributed by atoms with van der Waals surface area (Å²) < 4.78 is 32.5. The van der Waals surface area contributed by atoms with Gasteiger partial charge in [0.1, 0.15) is 5.82 Å². The molecule has 3 aromatic rings. The number of carbonyl (C=O) groups excluding carboxylic acids is 2. The Labute approximate surface area is 180 Å². The standard InChI is InChI=1S/C20H14F2N5O3S/c21-12-3-1-11(2-4-12)9-16(28)26-20(31)25-13-5-6-15(14(22)10-13)30-17-7-8-24-19(27-17)18(23)29/h1-7,10H,9H2,(H2,23,29)(H2,25,26,28,31). The van der Waals surface area contributed by atoms with Crippen LogP contribution in [0, 0.1) is 17.8 Å². The molecule has 0 fully saturated rings. The number of hydrogen-bond acceptors (Lipinski definition) is 6. The van der Waals surface area contributed by atoms with E-state index in [0.29, 0.717) is 5.56 Å². The van der Waals surface area contributed by atoms with E-state index in [1.807, 2.05) is 0 Å². The first-order chi connectivity index (χ1) is 14.8. The van der Waals surface area contributed by atoms with E-state index < -0.39 is 23.4 Å². The number of nitrogens with two attached hydrogens (primary N) is 1. The van der Waals surface area contributed by atoms with E-state index in [4.69, 9.17) is 22.7 Å². The molecule has 0 spiro atoms. The molecule has 0 saturated carbocycles. The van der Waals surface area contributed by atoms with Crippen molar-refractivity contribution >= 4 is 34.8 Å². The fraction of sp³-hybridized carbons (Fsp3) is 0.0500. The Hall–Kier alpha value is -3.99. The second kappa shape index (κ2) is 9.67. The zero-order valence-electron chi connectivity index (χ0n) is 15.7. The van der Waals surface area contributed by atoms with Gasteiger partial charge in [0.25, 0.3) is 5.91 Å². The Morgan fingerprint density at radius 1 is 1.16 bits per heavy atom. The lowest BCUT2D eigenvalue weighted by Crippen LogP contribution is -2.35. The Morgan fingerprint density at radius 3 is 2.58 bits per heavy atom. The van der Waals surface area contributed by atoms with Crippen LogP contribution < -0.4 is 21.1 Å². The first-order valence-electron chi connectivity index (χ1n) is 8.68. The Kier molecular flexibility index (Phi) is 6.78. The lowest BCUT2D eigenvalue weighted by Gasteiger charge is -2.11. The average molecular weight is 442 g/mol. The third kappa shape index (κ3) is 6.24. The number of halogens is 2. The molecule has 0 saturated heterocycles. The summed E-state index contributed by atoms with van der Waals surface area (Å²) in [5.41, 5.74) is 5.94. The molecule has 3 rings (SSSR count). The monoisotopic (exact) mass is 442 g/mol. The van der Waals surface area contributed by atoms with Crippen LogP contribution in [0.1, 0.15) is 16.2 Å². The van der Waals surface area contributed by atoms with Crippen molar-refractivity contribution in [3.63, 3.8) is 0 Å². The molecule has 1 heterocycles. The van der Waals surface area contributed by atoms with Gasteiger partial charge in [0, 0.05) is 17.8 Å². The van der Waals surface area contributed by atoms with Crippen LogP contribution in [0.4, 0.5) is 14.5 Å². The summed E-state index contributed by atoms with van der Waals surface area (Å²) in [6, 6.07) is 10.5. The highest BCUT2D eigenvalue weighted by Gasteiger charge is 2.12. The zero-order valence-corrected chi connectivity index (χ0v) is 16.5. The van der Waals surface area contributed by atoms with Gasteiger partial charge in [0.05, 0.1) is 12.6 Å². The third-order valence-corrected chi connectivity index (χ3v) is 3.93. The van der Waals surface area contributed by atoms with E-state index in [0.717, 1.165) is 6.07 Å². The normalized spacial score (nSPS) is 10.3. The fourth-order valence-corrected chi connectivity index (χ4v) is 2.60. The number of primary amides is 1. The number of anilines is 1. The number of thiocarbonyl (C=S) groups is 1. The number of ether oxygens (including phenoxy) is 1. The van der Waals surface area contributed by atoms with Crippen molar-refractivity contribution in [3.05, 3.63) is 77.8 Å². The molecule has 0 aliphatic carbocycles. The van der Waals surface area contributed by atoms with Crippen LogP contribution in [0.3, 0.4) is 0 Å². The highest BCUT2D eigenvalue weighted by atomic mass is 32.1. The molecular formula is C20H14F2N5O3S. The van der Waals surface area contributed by atoms with Crippen molar-refractivity contribution in [3.8, 4) is 11.6 Å². The van der Waals surface area contributed by atoms with E-state index in [-0.39, 0.29) is 34.7 Å². The van der Waals surface area contributed by atoms with Crippen molar-refractivity contribution in [2.24, 2.45) is 5.73 Å². The van der Waals surface area contributed by atoms with E-state index >= 15 is 0 Å². The van der Waals surface area contributed by atoms with Gasteiger partial charge in [-0.1, -0.05) is 12.1 Å². The van der Waals surface area contributed by atoms with Crippen LogP contribution in [-0.2, 0) is 11.2 Å². The third-order valence-electron chi connectivity index (χ3n) is 3.73. The molecule has 31 heavy (non-hydrogen) atoms. The summed E-state index contributed by atoms with van der Waals surface area (Å²) in [7, 11) is 0. The minimum Gasteiger partial charge on any atom is -0.436 e. The van der Waals surface area contributed by atoms with Crippen LogP contribution in [-0.4, -0.2) is 26.9 Å². The fourth-order valence-electron chi connectivity index (χ4n) is 2.37. The van der Waals surface area contributed by atoms with Crippen molar-refractivity contribution < 1.29 is 23.1 Å². The molecule has 11 heteroatoms. The van der Waals surface area contributed by atoms with Crippen molar-refractivity contribution in [1.29, 1.82) is 0 Å². The van der Waals surface area contributed by atoms with Crippen LogP contribution >= 0.6 is 12.2 Å². The Morgan fingerprint density at radius 2 is 1.90 bits per heavy atom. The number of rotatable bonds is 6. The van der Waals surface area contributed by atoms with Crippen molar-refractivity contribution in [2.45, 2.75) is 6.42 Å². The summed E-state index contributed by atoms with van der Waals surface area (Å²) in [5.74, 6) is -3.08. The molecule has 1 radical (unpaired) electrons. The second-order valence-electron chi connectivity index (χ2n) is 6.08. The average Bonchev–Trinajstić information content (AvgIpc) is 2.72. The first-order valence-corrected chi connectivity index (χ1v) is 9.08. The second-order valence-corrected chi connectivity index (χ2v) is 6.48. The molecule has 157 valence electrons. The number of carbonyl (C=O) groups is 2. The minimum absolute atomic E-state index is 0.00746. The topological polar surface area (TPSA) is 119 Å². The lowest BCUT2D eigenvalue weighted by molar-refractivity contribution is -0.119. The lowest BCUT2D eigenvalue weighted by atomic mass is 10.1. The van der Waals surface area contributed by atoms with E-state index in [2.05, 4.69) is 26.8 Å². The molecule has 8 nitrogen and oxygen atoms in total. The van der Waals surface area contributed by atoms with Gasteiger partial charge in [-0.05, 0) is 42.0 Å². The summed E-state index contributed by atoms with van der Waals surface area (Å²) in [4.78, 5) is 30.4. The largest absolute Gasteiger partial charge is 0.436 e. The number of hydrogen-bond donors (Lipinski definition) is 3. The Balaban J connectivity index is 1.58. The summed E-state index contributed by atoms with van der Waals surface area (Å²) in [6.07, 6.45) is 2.37. The molecule has 0 aliphatic heterocycles. The molecule has 2 amide bonds. The SMILES string of the molecule is NC(=O)c1n[c]cc(Oc2ccc(NC(=S)NC(=O)Cc3ccc(F)cc3)cc2F)n1. The van der Waals surface area contributed by atoms with Gasteiger partial charge in [-0.25, -0.2) is 13.8 Å². The molecule has 2 aromatic carbocycles. The number of amides is 2. The minimum atomic E-state index is -0.878. The summed E-state index contributed by atoms with van der Waals surface area (Å²) in [5, 5.41) is 5.08. The summed E-state index contributed by atoms with van der Waals surface area (Å²) in [6.45, 7) is 0. The maximum atomic E-state index is 14.4. The van der Waals surface area contributed by atoms with Crippen molar-refractivity contribution in [2.75, 3.05) is 5.32 Å². The molecule has 0 aliphatic rings. The van der Waals surface area contributed by atoms with Gasteiger partial charge < -0.3 is 21.1 Å². The zero-order chi connectivity index (χ0) is 22.4. The van der Waals surface area contributed by atoms with Gasteiger partial charge in [0.15, 0.2) is 16.7 Å². The quantitative estimate of drug-likeness (QED) is 0.502. The van der Waals surface area contributed by atoms with Crippen LogP contribution in [0.25, 0.3) is 0 Å². The number of nitrogens with zero attached hydrogens (tertiary/aromatic N) is 2. The maximum absolute atomic E-state index is 14.4. The number of aromatic nitrogens is 2. The molecule has 0 unspecified atom stereocenters. The molecule has 4 N–H and O–H groups in total. The van der Waals surface area contributed by atoms with Crippen LogP contribution in [0.15, 0.2) is 48.5 Å². The predicted octanol–water partition coefficient (Wildman–Crippen LogP) is 2.50.